The predicted molar refractivity (Wildman–Crippen MR) is 117 cm³/mol. The van der Waals surface area contributed by atoms with E-state index in [0.717, 1.165) is 5.56 Å². The normalized spacial score (nSPS) is 11.8. The van der Waals surface area contributed by atoms with Crippen LogP contribution in [-0.4, -0.2) is 24.5 Å². The van der Waals surface area contributed by atoms with E-state index in [2.05, 4.69) is 20.3 Å². The van der Waals surface area contributed by atoms with Gasteiger partial charge in [-0.2, -0.15) is 15.2 Å². The number of hydrogen-bond donors (Lipinski definition) is 3. The molecule has 154 valence electrons. The van der Waals surface area contributed by atoms with Crippen molar-refractivity contribution in [2.45, 2.75) is 19.9 Å². The van der Waals surface area contributed by atoms with Gasteiger partial charge in [0.25, 0.3) is 5.56 Å². The molecule has 10 nitrogen and oxygen atoms in total. The third-order valence-corrected chi connectivity index (χ3v) is 4.84. The highest BCUT2D eigenvalue weighted by Crippen LogP contribution is 2.25. The van der Waals surface area contributed by atoms with Gasteiger partial charge in [0, 0.05) is 6.20 Å². The van der Waals surface area contributed by atoms with Crippen molar-refractivity contribution in [2.75, 3.05) is 16.8 Å². The first-order valence-electron chi connectivity index (χ1n) is 9.43. The fourth-order valence-electron chi connectivity index (χ4n) is 3.42. The Morgan fingerprint density at radius 2 is 1.97 bits per heavy atom. The van der Waals surface area contributed by atoms with Crippen LogP contribution in [-0.2, 0) is 0 Å². The zero-order valence-corrected chi connectivity index (χ0v) is 16.9. The highest BCUT2D eigenvalue weighted by molar-refractivity contribution is 5.81. The summed E-state index contributed by atoms with van der Waals surface area (Å²) in [7, 11) is 0. The summed E-state index contributed by atoms with van der Waals surface area (Å²) in [4.78, 5) is 30.3. The summed E-state index contributed by atoms with van der Waals surface area (Å²) in [6.07, 6.45) is 3.21. The number of pyridine rings is 1. The predicted octanol–water partition coefficient (Wildman–Crippen LogP) is 2.09. The zero-order valence-electron chi connectivity index (χ0n) is 16.9. The fraction of sp³-hybridized carbons (Fsp3) is 0.143. The lowest BCUT2D eigenvalue weighted by Gasteiger charge is -2.21. The third kappa shape index (κ3) is 3.49. The molecule has 5 N–H and O–H groups in total. The molecule has 0 spiro atoms. The van der Waals surface area contributed by atoms with E-state index in [1.165, 1.54) is 4.57 Å². The summed E-state index contributed by atoms with van der Waals surface area (Å²) < 4.78 is 1.50. The first-order chi connectivity index (χ1) is 14.9. The number of nitrogen functional groups attached to an aromatic ring is 2. The molecule has 4 aromatic rings. The number of nitrogens with two attached hydrogens (primary N) is 2. The number of anilines is 3. The fourth-order valence-corrected chi connectivity index (χ4v) is 3.42. The maximum Gasteiger partial charge on any atom is 0.266 e. The standard InChI is InChI=1S/C21H19N9O/c1-11-5-3-7-15-16(11)20(31)30(13-6-4-8-25-10-13)19(27-15)12(2)26-18-14(9-22)17(23)28-21(24)29-18/h3-8,10,12H,1-2H3,(H5,23,24,26,28,29)/t12-/m0/s1. The van der Waals surface area contributed by atoms with E-state index >= 15 is 0 Å². The minimum absolute atomic E-state index is 0.0311. The summed E-state index contributed by atoms with van der Waals surface area (Å²) in [5, 5.41) is 13.1. The summed E-state index contributed by atoms with van der Waals surface area (Å²) in [6, 6.07) is 10.5. The van der Waals surface area contributed by atoms with E-state index in [1.807, 2.05) is 25.1 Å². The molecule has 0 aliphatic carbocycles. The van der Waals surface area contributed by atoms with E-state index < -0.39 is 6.04 Å². The van der Waals surface area contributed by atoms with Gasteiger partial charge in [-0.15, -0.1) is 0 Å². The van der Waals surface area contributed by atoms with Gasteiger partial charge in [-0.3, -0.25) is 14.3 Å². The molecule has 0 saturated heterocycles. The van der Waals surface area contributed by atoms with Crippen LogP contribution < -0.4 is 22.3 Å². The van der Waals surface area contributed by atoms with Crippen LogP contribution in [0.4, 0.5) is 17.6 Å². The Morgan fingerprint density at radius 3 is 2.68 bits per heavy atom. The molecule has 1 atom stereocenters. The molecular weight excluding hydrogens is 394 g/mol. The molecule has 3 aromatic heterocycles. The number of rotatable bonds is 4. The number of benzene rings is 1. The minimum Gasteiger partial charge on any atom is -0.382 e. The summed E-state index contributed by atoms with van der Waals surface area (Å²) in [5.41, 5.74) is 13.3. The summed E-state index contributed by atoms with van der Waals surface area (Å²) in [6.45, 7) is 3.66. The maximum absolute atomic E-state index is 13.5. The molecule has 4 rings (SSSR count). The second-order valence-corrected chi connectivity index (χ2v) is 6.96. The van der Waals surface area contributed by atoms with Crippen molar-refractivity contribution >= 4 is 28.5 Å². The highest BCUT2D eigenvalue weighted by Gasteiger charge is 2.21. The van der Waals surface area contributed by atoms with Crippen LogP contribution in [0, 0.1) is 18.3 Å². The number of nitrogens with zero attached hydrogens (tertiary/aromatic N) is 6. The Morgan fingerprint density at radius 1 is 1.16 bits per heavy atom. The topological polar surface area (TPSA) is 161 Å². The quantitative estimate of drug-likeness (QED) is 0.455. The molecular formula is C21H19N9O. The van der Waals surface area contributed by atoms with Crippen LogP contribution in [0.2, 0.25) is 0 Å². The van der Waals surface area contributed by atoms with E-state index in [1.54, 1.807) is 37.5 Å². The van der Waals surface area contributed by atoms with Crippen molar-refractivity contribution in [1.82, 2.24) is 24.5 Å². The van der Waals surface area contributed by atoms with E-state index in [4.69, 9.17) is 16.5 Å². The first-order valence-corrected chi connectivity index (χ1v) is 9.43. The van der Waals surface area contributed by atoms with Gasteiger partial charge in [-0.1, -0.05) is 12.1 Å². The molecule has 31 heavy (non-hydrogen) atoms. The van der Waals surface area contributed by atoms with Gasteiger partial charge in [0.2, 0.25) is 5.95 Å². The molecule has 0 bridgehead atoms. The SMILES string of the molecule is Cc1cccc2nc([C@H](C)Nc3nc(N)nc(N)c3C#N)n(-c3cccnc3)c(=O)c12. The van der Waals surface area contributed by atoms with Crippen LogP contribution in [0.25, 0.3) is 16.6 Å². The molecule has 0 aliphatic heterocycles. The molecule has 0 saturated carbocycles. The van der Waals surface area contributed by atoms with Crippen LogP contribution in [0.1, 0.15) is 29.9 Å². The Hall–Kier alpha value is -4.52. The van der Waals surface area contributed by atoms with Gasteiger partial charge < -0.3 is 16.8 Å². The Bertz CT molecular complexity index is 1390. The lowest BCUT2D eigenvalue weighted by molar-refractivity contribution is 0.729. The van der Waals surface area contributed by atoms with Gasteiger partial charge in [-0.05, 0) is 37.6 Å². The van der Waals surface area contributed by atoms with Crippen molar-refractivity contribution in [3.63, 3.8) is 0 Å². The molecule has 10 heteroatoms. The number of hydrogen-bond acceptors (Lipinski definition) is 9. The second-order valence-electron chi connectivity index (χ2n) is 6.96. The number of nitriles is 1. The van der Waals surface area contributed by atoms with Crippen LogP contribution in [0.3, 0.4) is 0 Å². The van der Waals surface area contributed by atoms with Crippen molar-refractivity contribution < 1.29 is 0 Å². The number of aryl methyl sites for hydroxylation is 1. The molecule has 0 unspecified atom stereocenters. The van der Waals surface area contributed by atoms with Gasteiger partial charge in [0.15, 0.2) is 5.82 Å². The van der Waals surface area contributed by atoms with Gasteiger partial charge >= 0.3 is 0 Å². The van der Waals surface area contributed by atoms with E-state index in [-0.39, 0.29) is 28.7 Å². The van der Waals surface area contributed by atoms with E-state index in [9.17, 15) is 10.1 Å². The highest BCUT2D eigenvalue weighted by atomic mass is 16.1. The molecule has 3 heterocycles. The largest absolute Gasteiger partial charge is 0.382 e. The molecule has 1 aromatic carbocycles. The molecule has 0 fully saturated rings. The van der Waals surface area contributed by atoms with Gasteiger partial charge in [0.05, 0.1) is 28.8 Å². The number of fused-ring (bicyclic) bond motifs is 1. The average molecular weight is 413 g/mol. The van der Waals surface area contributed by atoms with Crippen molar-refractivity contribution in [3.05, 3.63) is 70.0 Å². The Labute approximate surface area is 177 Å². The zero-order chi connectivity index (χ0) is 22.1. The molecule has 0 amide bonds. The van der Waals surface area contributed by atoms with Gasteiger partial charge in [-0.25, -0.2) is 4.98 Å². The third-order valence-electron chi connectivity index (χ3n) is 4.84. The summed E-state index contributed by atoms with van der Waals surface area (Å²) >= 11 is 0. The van der Waals surface area contributed by atoms with Crippen LogP contribution in [0.15, 0.2) is 47.5 Å². The van der Waals surface area contributed by atoms with Gasteiger partial charge in [0.1, 0.15) is 23.3 Å². The number of aromatic nitrogens is 5. The second kappa shape index (κ2) is 7.72. The first kappa shape index (κ1) is 19.8. The molecule has 0 radical (unpaired) electrons. The minimum atomic E-state index is -0.543. The van der Waals surface area contributed by atoms with Crippen molar-refractivity contribution in [3.8, 4) is 11.8 Å². The lowest BCUT2D eigenvalue weighted by atomic mass is 10.1. The number of nitrogens with one attached hydrogen (secondary N) is 1. The average Bonchev–Trinajstić information content (AvgIpc) is 2.74. The van der Waals surface area contributed by atoms with Crippen LogP contribution in [0.5, 0.6) is 0 Å². The van der Waals surface area contributed by atoms with Crippen molar-refractivity contribution in [1.29, 1.82) is 5.26 Å². The van der Waals surface area contributed by atoms with E-state index in [0.29, 0.717) is 22.4 Å². The maximum atomic E-state index is 13.5. The van der Waals surface area contributed by atoms with Crippen LogP contribution >= 0.6 is 0 Å². The molecule has 0 aliphatic rings. The summed E-state index contributed by atoms with van der Waals surface area (Å²) in [5.74, 6) is 0.474. The smallest absolute Gasteiger partial charge is 0.266 e. The van der Waals surface area contributed by atoms with Crippen molar-refractivity contribution in [2.24, 2.45) is 0 Å². The monoisotopic (exact) mass is 413 g/mol. The lowest BCUT2D eigenvalue weighted by Crippen LogP contribution is -2.28. The Kier molecular flexibility index (Phi) is 4.92. The Balaban J connectivity index is 1.94.